The number of allylic oxidation sites excluding steroid dienone is 3. The maximum Gasteiger partial charge on any atom is 0.375 e. The predicted octanol–water partition coefficient (Wildman–Crippen LogP) is 2.55. The molecule has 2 fully saturated rings. The van der Waals surface area contributed by atoms with Crippen molar-refractivity contribution in [3.05, 3.63) is 79.1 Å². The summed E-state index contributed by atoms with van der Waals surface area (Å²) in [6.07, 6.45) is 8.48. The van der Waals surface area contributed by atoms with Crippen LogP contribution in [0.3, 0.4) is 0 Å². The van der Waals surface area contributed by atoms with Gasteiger partial charge in [-0.25, -0.2) is 4.79 Å². The predicted molar refractivity (Wildman–Crippen MR) is 260 cm³/mol. The summed E-state index contributed by atoms with van der Waals surface area (Å²) in [7, 11) is 1.69. The molecule has 71 heavy (non-hydrogen) atoms. The smallest absolute Gasteiger partial charge is 0.375 e. The first-order chi connectivity index (χ1) is 34.6. The summed E-state index contributed by atoms with van der Waals surface area (Å²) in [5, 5.41) is 69.5. The van der Waals surface area contributed by atoms with E-state index in [1.54, 1.807) is 14.0 Å². The maximum atomic E-state index is 14.6. The highest BCUT2D eigenvalue weighted by Gasteiger charge is 2.59. The second-order valence-electron chi connectivity index (χ2n) is 20.3. The van der Waals surface area contributed by atoms with Gasteiger partial charge in [0.15, 0.2) is 6.29 Å². The van der Waals surface area contributed by atoms with E-state index < -0.39 is 60.3 Å². The number of aliphatic hydroxyl groups excluding tert-OH is 5. The van der Waals surface area contributed by atoms with Crippen LogP contribution in [0.25, 0.3) is 11.6 Å². The Balaban J connectivity index is 1.26. The van der Waals surface area contributed by atoms with Crippen molar-refractivity contribution in [1.82, 2.24) is 4.90 Å². The van der Waals surface area contributed by atoms with E-state index in [2.05, 4.69) is 16.0 Å². The molecule has 7 aliphatic rings. The van der Waals surface area contributed by atoms with Crippen LogP contribution in [0.4, 0.5) is 0 Å². The van der Waals surface area contributed by atoms with E-state index in [9.17, 15) is 45.0 Å². The molecule has 0 radical (unpaired) electrons. The number of piperidine rings is 1. The van der Waals surface area contributed by atoms with E-state index in [4.69, 9.17) is 23.7 Å². The molecule has 5 aliphatic heterocycles. The molecule has 6 N–H and O–H groups in total. The number of carbonyl (C=O) groups excluding carboxylic acids is 3. The lowest BCUT2D eigenvalue weighted by Crippen LogP contribution is -2.63. The molecule has 2 bridgehead atoms. The van der Waals surface area contributed by atoms with Gasteiger partial charge >= 0.3 is 5.97 Å². The van der Waals surface area contributed by atoms with Crippen LogP contribution in [0.1, 0.15) is 98.4 Å². The van der Waals surface area contributed by atoms with Gasteiger partial charge in [-0.15, -0.1) is 0 Å². The number of Topliss-reactive ketones (excluding diaryl/α,β-unsaturated/α-hetero) is 1. The van der Waals surface area contributed by atoms with Crippen LogP contribution in [-0.2, 0) is 43.3 Å². The van der Waals surface area contributed by atoms with E-state index in [-0.39, 0.29) is 109 Å². The number of ketones is 1. The minimum atomic E-state index is -1.53. The third kappa shape index (κ3) is 9.43. The van der Waals surface area contributed by atoms with Gasteiger partial charge in [0.2, 0.25) is 5.76 Å². The van der Waals surface area contributed by atoms with E-state index in [1.165, 1.54) is 0 Å². The Bertz CT molecular complexity index is 2600. The van der Waals surface area contributed by atoms with Gasteiger partial charge in [0.25, 0.3) is 0 Å². The SMILES string of the molecule is CCOC(=O)C1=C(C=O)C2=C3CC(CO)C(=O)C(C3)c3cc4c(cc3CCC(CO)COc3c5c(c(CO)c(c32)O1)OC(C1(O)C(CCCO)C(CCCO)=CC2CN(CCCOC)CCC21)C5)=NCC=4. The fourth-order valence-electron chi connectivity index (χ4n) is 13.0. The third-order valence-corrected chi connectivity index (χ3v) is 16.3. The van der Waals surface area contributed by atoms with Crippen LogP contribution in [-0.4, -0.2) is 145 Å². The van der Waals surface area contributed by atoms with E-state index in [0.29, 0.717) is 82.1 Å². The zero-order chi connectivity index (χ0) is 50.0. The molecule has 1 saturated carbocycles. The monoisotopic (exact) mass is 982 g/mol. The number of rotatable bonds is 17. The second-order valence-corrected chi connectivity index (χ2v) is 20.3. The van der Waals surface area contributed by atoms with Crippen LogP contribution in [0.15, 0.2) is 45.7 Å². The van der Waals surface area contributed by atoms with E-state index >= 15 is 0 Å². The normalized spacial score (nSPS) is 27.9. The summed E-state index contributed by atoms with van der Waals surface area (Å²) in [4.78, 5) is 49.4. The van der Waals surface area contributed by atoms with Gasteiger partial charge < -0.3 is 59.2 Å². The number of esters is 1. The Labute approximate surface area is 414 Å². The number of likely N-dealkylation sites (tertiary alicyclic amines) is 1. The van der Waals surface area contributed by atoms with Crippen molar-refractivity contribution >= 4 is 29.7 Å². The van der Waals surface area contributed by atoms with Gasteiger partial charge in [0.1, 0.15) is 34.7 Å². The Hall–Kier alpha value is -4.78. The van der Waals surface area contributed by atoms with Crippen molar-refractivity contribution in [2.24, 2.45) is 34.6 Å². The topological polar surface area (TPSA) is 234 Å². The number of hydrogen-bond donors (Lipinski definition) is 6. The Morgan fingerprint density at radius 3 is 2.58 bits per heavy atom. The number of nitrogens with zero attached hydrogens (tertiary/aromatic N) is 2. The molecule has 2 aliphatic carbocycles. The summed E-state index contributed by atoms with van der Waals surface area (Å²) < 4.78 is 31.5. The summed E-state index contributed by atoms with van der Waals surface area (Å²) in [5.74, 6) is -3.94. The first-order valence-corrected chi connectivity index (χ1v) is 25.7. The minimum absolute atomic E-state index is 0.00450. The number of carbonyl (C=O) groups is 3. The zero-order valence-electron chi connectivity index (χ0n) is 41.0. The fraction of sp³-hybridized carbons (Fsp3) is 0.600. The van der Waals surface area contributed by atoms with E-state index in [0.717, 1.165) is 46.8 Å². The zero-order valence-corrected chi connectivity index (χ0v) is 41.0. The second kappa shape index (κ2) is 22.1. The van der Waals surface area contributed by atoms with Gasteiger partial charge in [-0.1, -0.05) is 23.3 Å². The number of aldehydes is 1. The number of fused-ring (bicyclic) bond motifs is 8. The standard InChI is InChI=1S/C55H70N2O14/c1-3-68-54(65)53-41(28-62)47-35-20-37(27-61)49(64)39(22-35)38-21-34-11-13-56-45(34)23-32(38)10-9-31(26-60)30-69-51-40-24-46(70-50(40)42(29-63)52(71-53)48(47)51)55(66)43(8-5-17-59)33(7-4-16-58)19-36-25-57(14-6-18-67-2)15-12-44(36)55/h11,19,21,23,28,31,36-37,39,43-44,46,58-61,63,66H,3-10,12-18,20,22,24-27,29-30H2,1-2H3. The molecular formula is C55H70N2O14. The molecular weight excluding hydrogens is 913 g/mol. The van der Waals surface area contributed by atoms with Crippen LogP contribution in [0, 0.1) is 29.6 Å². The highest BCUT2D eigenvalue weighted by atomic mass is 16.6. The Morgan fingerprint density at radius 1 is 1.01 bits per heavy atom. The molecule has 384 valence electrons. The molecule has 1 saturated heterocycles. The molecule has 9 rings (SSSR count). The van der Waals surface area contributed by atoms with Gasteiger partial charge in [-0.3, -0.25) is 14.6 Å². The molecule has 2 aromatic carbocycles. The number of ether oxygens (including phenoxy) is 5. The first kappa shape index (κ1) is 51.1. The number of aliphatic hydroxyl groups is 6. The summed E-state index contributed by atoms with van der Waals surface area (Å²) >= 11 is 0. The third-order valence-electron chi connectivity index (χ3n) is 16.3. The Kier molecular flexibility index (Phi) is 15.9. The van der Waals surface area contributed by atoms with Gasteiger partial charge in [-0.2, -0.15) is 0 Å². The molecule has 5 heterocycles. The lowest BCUT2D eigenvalue weighted by atomic mass is 9.57. The lowest BCUT2D eigenvalue weighted by molar-refractivity contribution is -0.158. The van der Waals surface area contributed by atoms with Crippen molar-refractivity contribution < 1.29 is 68.7 Å². The molecule has 16 heteroatoms. The van der Waals surface area contributed by atoms with Crippen molar-refractivity contribution in [2.75, 3.05) is 79.5 Å². The van der Waals surface area contributed by atoms with Crippen molar-refractivity contribution in [3.63, 3.8) is 0 Å². The molecule has 0 aromatic heterocycles. The molecule has 8 atom stereocenters. The summed E-state index contributed by atoms with van der Waals surface area (Å²) in [5.41, 5.74) is 2.78. The minimum Gasteiger partial charge on any atom is -0.492 e. The number of aryl methyl sites for hydroxylation is 1. The average Bonchev–Trinajstić information content (AvgIpc) is 4.05. The molecule has 8 unspecified atom stereocenters. The fourth-order valence-corrected chi connectivity index (χ4v) is 13.0. The van der Waals surface area contributed by atoms with Crippen molar-refractivity contribution in [3.8, 4) is 17.2 Å². The summed E-state index contributed by atoms with van der Waals surface area (Å²) in [6.45, 7) is 3.46. The first-order valence-electron chi connectivity index (χ1n) is 25.7. The van der Waals surface area contributed by atoms with Gasteiger partial charge in [0.05, 0.1) is 55.0 Å². The van der Waals surface area contributed by atoms with Gasteiger partial charge in [0, 0.05) is 93.8 Å². The van der Waals surface area contributed by atoms with Gasteiger partial charge in [-0.05, 0) is 112 Å². The number of hydrogen-bond acceptors (Lipinski definition) is 16. The molecule has 0 amide bonds. The maximum absolute atomic E-state index is 14.6. The van der Waals surface area contributed by atoms with Crippen molar-refractivity contribution in [2.45, 2.75) is 102 Å². The highest BCUT2D eigenvalue weighted by Crippen LogP contribution is 2.59. The summed E-state index contributed by atoms with van der Waals surface area (Å²) in [6, 6.07) is 4.00. The number of benzene rings is 2. The van der Waals surface area contributed by atoms with E-state index in [1.807, 2.05) is 18.2 Å². The molecule has 2 aromatic rings. The lowest BCUT2D eigenvalue weighted by Gasteiger charge is -2.54. The van der Waals surface area contributed by atoms with Crippen LogP contribution in [0.2, 0.25) is 0 Å². The average molecular weight is 983 g/mol. The van der Waals surface area contributed by atoms with Crippen LogP contribution < -0.4 is 24.8 Å². The van der Waals surface area contributed by atoms with Crippen LogP contribution in [0.5, 0.6) is 17.2 Å². The highest BCUT2D eigenvalue weighted by molar-refractivity contribution is 6.11. The molecule has 0 spiro atoms. The Morgan fingerprint density at radius 2 is 1.85 bits per heavy atom. The molecule has 16 nitrogen and oxygen atoms in total. The number of methoxy groups -OCH3 is 1. The van der Waals surface area contributed by atoms with Crippen LogP contribution >= 0.6 is 0 Å². The van der Waals surface area contributed by atoms with Crippen molar-refractivity contribution in [1.29, 1.82) is 0 Å². The largest absolute Gasteiger partial charge is 0.492 e. The quantitative estimate of drug-likeness (QED) is 0.0579.